The zero-order chi connectivity index (χ0) is 15.6. The number of anilines is 1. The smallest absolute Gasteiger partial charge is 0.182 e. The minimum absolute atomic E-state index is 0.173. The van der Waals surface area contributed by atoms with Crippen molar-refractivity contribution in [1.82, 2.24) is 19.9 Å². The van der Waals surface area contributed by atoms with E-state index in [0.717, 1.165) is 30.7 Å². The van der Waals surface area contributed by atoms with Crippen LogP contribution in [0.15, 0.2) is 36.9 Å². The second-order valence-electron chi connectivity index (χ2n) is 5.99. The molecule has 1 aromatic carbocycles. The number of fused-ring (bicyclic) bond motifs is 2. The number of aromatic nitrogens is 4. The van der Waals surface area contributed by atoms with E-state index >= 15 is 0 Å². The van der Waals surface area contributed by atoms with E-state index in [9.17, 15) is 5.11 Å². The van der Waals surface area contributed by atoms with Gasteiger partial charge in [-0.1, -0.05) is 24.3 Å². The number of nitrogens with one attached hydrogen (secondary N) is 2. The second kappa shape index (κ2) is 5.96. The Labute approximate surface area is 134 Å². The first-order valence-corrected chi connectivity index (χ1v) is 7.93. The van der Waals surface area contributed by atoms with Gasteiger partial charge in [0.1, 0.15) is 11.8 Å². The van der Waals surface area contributed by atoms with Gasteiger partial charge in [0.05, 0.1) is 12.9 Å². The van der Waals surface area contributed by atoms with E-state index in [0.29, 0.717) is 11.6 Å². The summed E-state index contributed by atoms with van der Waals surface area (Å²) in [5.74, 6) is 1.32. The van der Waals surface area contributed by atoms with Crippen molar-refractivity contribution in [3.05, 3.63) is 48.0 Å². The molecule has 0 radical (unpaired) electrons. The van der Waals surface area contributed by atoms with Crippen LogP contribution in [0, 0.1) is 5.92 Å². The van der Waals surface area contributed by atoms with Crippen LogP contribution in [-0.2, 0) is 6.42 Å². The number of aliphatic hydroxyl groups is 1. The van der Waals surface area contributed by atoms with E-state index < -0.39 is 0 Å². The summed E-state index contributed by atoms with van der Waals surface area (Å²) in [7, 11) is 0. The van der Waals surface area contributed by atoms with Gasteiger partial charge in [0, 0.05) is 12.5 Å². The van der Waals surface area contributed by atoms with Gasteiger partial charge in [-0.2, -0.15) is 0 Å². The van der Waals surface area contributed by atoms with Crippen LogP contribution < -0.4 is 5.32 Å². The molecule has 23 heavy (non-hydrogen) atoms. The van der Waals surface area contributed by atoms with Crippen LogP contribution in [0.5, 0.6) is 0 Å². The summed E-state index contributed by atoms with van der Waals surface area (Å²) >= 11 is 0. The van der Waals surface area contributed by atoms with E-state index in [1.54, 1.807) is 6.33 Å². The lowest BCUT2D eigenvalue weighted by Crippen LogP contribution is -2.29. The maximum Gasteiger partial charge on any atom is 0.182 e. The lowest BCUT2D eigenvalue weighted by Gasteiger charge is -2.32. The Bertz CT molecular complexity index is 815. The topological polar surface area (TPSA) is 86.7 Å². The molecule has 1 aliphatic rings. The highest BCUT2D eigenvalue weighted by Gasteiger charge is 2.28. The van der Waals surface area contributed by atoms with Crippen molar-refractivity contribution in [2.24, 2.45) is 5.92 Å². The maximum absolute atomic E-state index is 9.87. The van der Waals surface area contributed by atoms with Gasteiger partial charge in [-0.05, 0) is 29.9 Å². The van der Waals surface area contributed by atoms with Crippen molar-refractivity contribution in [2.45, 2.75) is 18.8 Å². The number of hydrogen-bond donors (Lipinski definition) is 3. The molecule has 0 aliphatic heterocycles. The van der Waals surface area contributed by atoms with Crippen molar-refractivity contribution in [1.29, 1.82) is 0 Å². The number of aromatic amines is 1. The molecule has 0 saturated carbocycles. The first-order valence-electron chi connectivity index (χ1n) is 7.93. The van der Waals surface area contributed by atoms with Crippen LogP contribution in [0.4, 0.5) is 5.82 Å². The molecule has 0 amide bonds. The van der Waals surface area contributed by atoms with Gasteiger partial charge < -0.3 is 15.4 Å². The lowest BCUT2D eigenvalue weighted by atomic mass is 9.75. The number of aliphatic hydroxyl groups excluding tert-OH is 1. The largest absolute Gasteiger partial charge is 0.396 e. The zero-order valence-corrected chi connectivity index (χ0v) is 12.7. The number of H-pyrrole nitrogens is 1. The van der Waals surface area contributed by atoms with Crippen LogP contribution in [0.2, 0.25) is 0 Å². The average molecular weight is 309 g/mol. The van der Waals surface area contributed by atoms with Crippen molar-refractivity contribution in [3.63, 3.8) is 0 Å². The van der Waals surface area contributed by atoms with E-state index in [4.69, 9.17) is 0 Å². The third-order valence-corrected chi connectivity index (χ3v) is 4.76. The lowest BCUT2D eigenvalue weighted by molar-refractivity contribution is 0.216. The average Bonchev–Trinajstić information content (AvgIpc) is 3.08. The summed E-state index contributed by atoms with van der Waals surface area (Å²) in [5.41, 5.74) is 4.13. The van der Waals surface area contributed by atoms with Gasteiger partial charge in [0.2, 0.25) is 0 Å². The predicted molar refractivity (Wildman–Crippen MR) is 88.3 cm³/mol. The van der Waals surface area contributed by atoms with Crippen LogP contribution in [0.3, 0.4) is 0 Å². The first kappa shape index (κ1) is 14.1. The van der Waals surface area contributed by atoms with Crippen LogP contribution in [0.1, 0.15) is 23.5 Å². The normalized spacial score (nSPS) is 20.4. The summed E-state index contributed by atoms with van der Waals surface area (Å²) in [6.45, 7) is 0.942. The van der Waals surface area contributed by atoms with E-state index in [1.165, 1.54) is 17.5 Å². The predicted octanol–water partition coefficient (Wildman–Crippen LogP) is 2.10. The molecule has 118 valence electrons. The van der Waals surface area contributed by atoms with Crippen molar-refractivity contribution in [2.75, 3.05) is 18.5 Å². The SMILES string of the molecule is OCC1c2ccccc2CCC1CNc1ncnc2nc[nH]c12. The van der Waals surface area contributed by atoms with Crippen LogP contribution in [-0.4, -0.2) is 38.2 Å². The number of hydrogen-bond acceptors (Lipinski definition) is 5. The Hall–Kier alpha value is -2.47. The molecule has 6 heteroatoms. The van der Waals surface area contributed by atoms with Crippen LogP contribution in [0.25, 0.3) is 11.2 Å². The molecule has 2 aromatic heterocycles. The van der Waals surface area contributed by atoms with Crippen molar-refractivity contribution < 1.29 is 5.11 Å². The van der Waals surface area contributed by atoms with Gasteiger partial charge in [-0.15, -0.1) is 0 Å². The monoisotopic (exact) mass is 309 g/mol. The number of aryl methyl sites for hydroxylation is 1. The summed E-state index contributed by atoms with van der Waals surface area (Å²) in [4.78, 5) is 15.6. The highest BCUT2D eigenvalue weighted by molar-refractivity contribution is 5.81. The standard InChI is InChI=1S/C17H19N5O/c23-8-14-12(6-5-11-3-1-2-4-13(11)14)7-18-16-15-17(20-9-19-15)22-10-21-16/h1-4,9-10,12,14,23H,5-8H2,(H2,18,19,20,21,22). The molecule has 1 aliphatic carbocycles. The molecule has 3 aromatic rings. The molecule has 0 bridgehead atoms. The Morgan fingerprint density at radius 3 is 3.04 bits per heavy atom. The van der Waals surface area contributed by atoms with Gasteiger partial charge in [0.15, 0.2) is 11.5 Å². The molecular formula is C17H19N5O. The Morgan fingerprint density at radius 1 is 1.22 bits per heavy atom. The van der Waals surface area contributed by atoms with Crippen molar-refractivity contribution >= 4 is 17.0 Å². The number of benzene rings is 1. The quantitative estimate of drug-likeness (QED) is 0.687. The van der Waals surface area contributed by atoms with Crippen LogP contribution >= 0.6 is 0 Å². The Morgan fingerprint density at radius 2 is 2.13 bits per heavy atom. The summed E-state index contributed by atoms with van der Waals surface area (Å²) < 4.78 is 0. The van der Waals surface area contributed by atoms with E-state index in [-0.39, 0.29) is 12.5 Å². The molecule has 2 unspecified atom stereocenters. The summed E-state index contributed by atoms with van der Waals surface area (Å²) in [6, 6.07) is 8.43. The fourth-order valence-electron chi connectivity index (χ4n) is 3.54. The summed E-state index contributed by atoms with van der Waals surface area (Å²) in [6.07, 6.45) is 5.26. The number of nitrogens with zero attached hydrogens (tertiary/aromatic N) is 3. The van der Waals surface area contributed by atoms with E-state index in [2.05, 4.69) is 49.5 Å². The van der Waals surface area contributed by atoms with Gasteiger partial charge in [-0.3, -0.25) is 0 Å². The molecule has 6 nitrogen and oxygen atoms in total. The highest BCUT2D eigenvalue weighted by Crippen LogP contribution is 2.36. The fraction of sp³-hybridized carbons (Fsp3) is 0.353. The fourth-order valence-corrected chi connectivity index (χ4v) is 3.54. The van der Waals surface area contributed by atoms with Gasteiger partial charge in [0.25, 0.3) is 0 Å². The molecule has 2 heterocycles. The first-order chi connectivity index (χ1) is 11.4. The van der Waals surface area contributed by atoms with Gasteiger partial charge >= 0.3 is 0 Å². The molecule has 0 saturated heterocycles. The molecule has 4 rings (SSSR count). The number of rotatable bonds is 4. The zero-order valence-electron chi connectivity index (χ0n) is 12.7. The highest BCUT2D eigenvalue weighted by atomic mass is 16.3. The molecule has 0 spiro atoms. The molecule has 0 fully saturated rings. The van der Waals surface area contributed by atoms with Crippen molar-refractivity contribution in [3.8, 4) is 0 Å². The van der Waals surface area contributed by atoms with E-state index in [1.807, 2.05) is 0 Å². The Kier molecular flexibility index (Phi) is 3.67. The third kappa shape index (κ3) is 2.55. The number of imidazole rings is 1. The Balaban J connectivity index is 1.54. The van der Waals surface area contributed by atoms with Gasteiger partial charge in [-0.25, -0.2) is 15.0 Å². The minimum atomic E-state index is 0.173. The molecule has 3 N–H and O–H groups in total. The maximum atomic E-state index is 9.87. The third-order valence-electron chi connectivity index (χ3n) is 4.76. The minimum Gasteiger partial charge on any atom is -0.396 e. The molecule has 2 atom stereocenters. The summed E-state index contributed by atoms with van der Waals surface area (Å²) in [5, 5.41) is 13.3. The second-order valence-corrected chi connectivity index (χ2v) is 5.99. The molecular weight excluding hydrogens is 290 g/mol.